The van der Waals surface area contributed by atoms with Crippen LogP contribution in [0.15, 0.2) is 69.7 Å². The van der Waals surface area contributed by atoms with Gasteiger partial charge in [-0.15, -0.1) is 0 Å². The zero-order valence-electron chi connectivity index (χ0n) is 16.3. The molecule has 1 aromatic heterocycles. The van der Waals surface area contributed by atoms with Crippen molar-refractivity contribution in [2.75, 3.05) is 13.2 Å². The minimum absolute atomic E-state index is 0.111. The smallest absolute Gasteiger partial charge is 0.336 e. The maximum absolute atomic E-state index is 13.0. The van der Waals surface area contributed by atoms with Crippen LogP contribution in [0.25, 0.3) is 0 Å². The van der Waals surface area contributed by atoms with Crippen molar-refractivity contribution < 1.29 is 19.1 Å². The van der Waals surface area contributed by atoms with Crippen LogP contribution in [0.4, 0.5) is 0 Å². The topological polar surface area (TPSA) is 64.6 Å². The number of Topliss-reactive ketones (excluding diaryl/α,β-unsaturated/α-hetero) is 1. The van der Waals surface area contributed by atoms with Gasteiger partial charge in [-0.25, -0.2) is 4.79 Å². The zero-order chi connectivity index (χ0) is 20.2. The fraction of sp³-hybridized carbons (Fsp3) is 0.304. The Kier molecular flexibility index (Phi) is 5.81. The van der Waals surface area contributed by atoms with Crippen LogP contribution in [0.1, 0.15) is 37.7 Å². The molecule has 6 heteroatoms. The monoisotopic (exact) mass is 409 g/mol. The molecule has 5 nitrogen and oxygen atoms in total. The van der Waals surface area contributed by atoms with Gasteiger partial charge in [0.15, 0.2) is 5.78 Å². The Morgan fingerprint density at radius 3 is 2.76 bits per heavy atom. The van der Waals surface area contributed by atoms with Crippen LogP contribution in [-0.2, 0) is 14.3 Å². The summed E-state index contributed by atoms with van der Waals surface area (Å²) in [4.78, 5) is 25.7. The molecule has 2 aliphatic rings. The highest BCUT2D eigenvalue weighted by Gasteiger charge is 2.39. The number of carbonyl (C=O) groups is 2. The Balaban J connectivity index is 1.51. The first-order valence-electron chi connectivity index (χ1n) is 9.76. The molecular formula is C23H23NO4S. The Hall–Kier alpha value is -2.86. The molecule has 1 aromatic carbocycles. The average molecular weight is 410 g/mol. The van der Waals surface area contributed by atoms with Crippen molar-refractivity contribution in [1.82, 2.24) is 5.32 Å². The van der Waals surface area contributed by atoms with E-state index in [-0.39, 0.29) is 24.9 Å². The number of thiophene rings is 1. The van der Waals surface area contributed by atoms with E-state index >= 15 is 0 Å². The second-order valence-electron chi connectivity index (χ2n) is 7.12. The third kappa shape index (κ3) is 4.12. The highest BCUT2D eigenvalue weighted by atomic mass is 32.1. The summed E-state index contributed by atoms with van der Waals surface area (Å²) in [5.41, 5.74) is 3.89. The number of carbonyl (C=O) groups excluding carboxylic acids is 2. The van der Waals surface area contributed by atoms with Crippen molar-refractivity contribution in [3.8, 4) is 5.75 Å². The number of ether oxygens (including phenoxy) is 2. The molecule has 0 fully saturated rings. The molecule has 2 heterocycles. The van der Waals surface area contributed by atoms with E-state index in [2.05, 4.69) is 5.32 Å². The van der Waals surface area contributed by atoms with Crippen molar-refractivity contribution in [3.05, 3.63) is 75.3 Å². The molecule has 0 saturated heterocycles. The molecule has 1 aliphatic carbocycles. The van der Waals surface area contributed by atoms with Gasteiger partial charge in [0.05, 0.1) is 5.57 Å². The number of nitrogens with one attached hydrogen (secondary N) is 1. The lowest BCUT2D eigenvalue weighted by molar-refractivity contribution is -0.140. The summed E-state index contributed by atoms with van der Waals surface area (Å²) in [6, 6.07) is 11.4. The highest BCUT2D eigenvalue weighted by molar-refractivity contribution is 7.08. The van der Waals surface area contributed by atoms with Gasteiger partial charge in [0, 0.05) is 29.3 Å². The molecule has 0 bridgehead atoms. The number of ketones is 1. The second kappa shape index (κ2) is 8.66. The van der Waals surface area contributed by atoms with E-state index in [0.29, 0.717) is 17.6 Å². The third-order valence-electron chi connectivity index (χ3n) is 5.20. The summed E-state index contributed by atoms with van der Waals surface area (Å²) in [7, 11) is 0. The summed E-state index contributed by atoms with van der Waals surface area (Å²) in [5, 5.41) is 7.27. The number of dihydropyridines is 1. The number of para-hydroxylation sites is 1. The molecule has 1 aliphatic heterocycles. The van der Waals surface area contributed by atoms with Gasteiger partial charge in [0.2, 0.25) is 0 Å². The lowest BCUT2D eigenvalue weighted by atomic mass is 9.76. The number of allylic oxidation sites excluding steroid dienone is 3. The lowest BCUT2D eigenvalue weighted by Gasteiger charge is -2.33. The van der Waals surface area contributed by atoms with Crippen LogP contribution < -0.4 is 10.1 Å². The van der Waals surface area contributed by atoms with Crippen molar-refractivity contribution >= 4 is 23.1 Å². The van der Waals surface area contributed by atoms with E-state index in [1.54, 1.807) is 11.3 Å². The maximum atomic E-state index is 13.0. The molecular weight excluding hydrogens is 386 g/mol. The number of rotatable bonds is 6. The predicted molar refractivity (Wildman–Crippen MR) is 112 cm³/mol. The molecule has 0 spiro atoms. The van der Waals surface area contributed by atoms with Crippen LogP contribution in [0.2, 0.25) is 0 Å². The van der Waals surface area contributed by atoms with Gasteiger partial charge in [-0.05, 0) is 54.3 Å². The largest absolute Gasteiger partial charge is 0.490 e. The SMILES string of the molecule is CC1=C(C(=O)OCCOc2ccccc2)C(c2ccsc2)C2=C(CCCC2=O)N1. The Labute approximate surface area is 174 Å². The second-order valence-corrected chi connectivity index (χ2v) is 7.90. The zero-order valence-corrected chi connectivity index (χ0v) is 17.1. The van der Waals surface area contributed by atoms with Crippen LogP contribution in [-0.4, -0.2) is 25.0 Å². The minimum Gasteiger partial charge on any atom is -0.490 e. The molecule has 1 atom stereocenters. The van der Waals surface area contributed by atoms with Gasteiger partial charge in [0.25, 0.3) is 0 Å². The lowest BCUT2D eigenvalue weighted by Crippen LogP contribution is -2.34. The number of hydrogen-bond donors (Lipinski definition) is 1. The molecule has 0 amide bonds. The number of benzene rings is 1. The molecule has 150 valence electrons. The van der Waals surface area contributed by atoms with E-state index in [4.69, 9.17) is 9.47 Å². The van der Waals surface area contributed by atoms with Crippen LogP contribution in [0, 0.1) is 0 Å². The van der Waals surface area contributed by atoms with E-state index in [0.717, 1.165) is 35.5 Å². The Morgan fingerprint density at radius 1 is 1.17 bits per heavy atom. The number of hydrogen-bond acceptors (Lipinski definition) is 6. The summed E-state index contributed by atoms with van der Waals surface area (Å²) >= 11 is 1.56. The van der Waals surface area contributed by atoms with Gasteiger partial charge in [-0.3, -0.25) is 4.79 Å². The first-order valence-corrected chi connectivity index (χ1v) is 10.7. The average Bonchev–Trinajstić information content (AvgIpc) is 3.25. The third-order valence-corrected chi connectivity index (χ3v) is 5.90. The van der Waals surface area contributed by atoms with Crippen molar-refractivity contribution in [2.45, 2.75) is 32.1 Å². The van der Waals surface area contributed by atoms with Crippen LogP contribution in [0.5, 0.6) is 5.75 Å². The van der Waals surface area contributed by atoms with Crippen molar-refractivity contribution in [3.63, 3.8) is 0 Å². The summed E-state index contributed by atoms with van der Waals surface area (Å²) in [5.74, 6) is 0.0674. The fourth-order valence-corrected chi connectivity index (χ4v) is 4.60. The predicted octanol–water partition coefficient (Wildman–Crippen LogP) is 4.34. The molecule has 0 saturated carbocycles. The van der Waals surface area contributed by atoms with E-state index in [1.807, 2.05) is 54.1 Å². The van der Waals surface area contributed by atoms with Crippen molar-refractivity contribution in [1.29, 1.82) is 0 Å². The molecule has 1 N–H and O–H groups in total. The van der Waals surface area contributed by atoms with Crippen molar-refractivity contribution in [2.24, 2.45) is 0 Å². The summed E-state index contributed by atoms with van der Waals surface area (Å²) in [6.45, 7) is 2.28. The molecule has 29 heavy (non-hydrogen) atoms. The van der Waals surface area contributed by atoms with Gasteiger partial charge < -0.3 is 14.8 Å². The normalized spacial score (nSPS) is 18.9. The van der Waals surface area contributed by atoms with Gasteiger partial charge in [0.1, 0.15) is 19.0 Å². The molecule has 0 radical (unpaired) electrons. The van der Waals surface area contributed by atoms with Gasteiger partial charge in [-0.1, -0.05) is 18.2 Å². The molecule has 4 rings (SSSR count). The maximum Gasteiger partial charge on any atom is 0.336 e. The van der Waals surface area contributed by atoms with Gasteiger partial charge in [-0.2, -0.15) is 11.3 Å². The minimum atomic E-state index is -0.409. The quantitative estimate of drug-likeness (QED) is 0.568. The van der Waals surface area contributed by atoms with Crippen LogP contribution in [0.3, 0.4) is 0 Å². The van der Waals surface area contributed by atoms with E-state index in [1.165, 1.54) is 0 Å². The van der Waals surface area contributed by atoms with Gasteiger partial charge >= 0.3 is 5.97 Å². The van der Waals surface area contributed by atoms with E-state index in [9.17, 15) is 9.59 Å². The van der Waals surface area contributed by atoms with Crippen LogP contribution >= 0.6 is 11.3 Å². The number of esters is 1. The molecule has 2 aromatic rings. The summed E-state index contributed by atoms with van der Waals surface area (Å²) in [6.07, 6.45) is 2.19. The standard InChI is InChI=1S/C23H23NO4S/c1-15-20(23(26)28-12-11-27-17-6-3-2-4-7-17)21(16-10-13-29-14-16)22-18(24-15)8-5-9-19(22)25/h2-4,6-7,10,13-14,21,24H,5,8-9,11-12H2,1H3. The summed E-state index contributed by atoms with van der Waals surface area (Å²) < 4.78 is 11.1. The first kappa shape index (κ1) is 19.5. The highest BCUT2D eigenvalue weighted by Crippen LogP contribution is 2.42. The molecule has 1 unspecified atom stereocenters. The Morgan fingerprint density at radius 2 is 2.00 bits per heavy atom. The fourth-order valence-electron chi connectivity index (χ4n) is 3.91. The first-order chi connectivity index (χ1) is 14.1. The Bertz CT molecular complexity index is 960. The van der Waals surface area contributed by atoms with E-state index < -0.39 is 5.97 Å².